The van der Waals surface area contributed by atoms with Crippen molar-refractivity contribution >= 4 is 11.7 Å². The second kappa shape index (κ2) is 3.69. The number of amides is 1. The van der Waals surface area contributed by atoms with Gasteiger partial charge in [0, 0.05) is 29.7 Å². The first-order valence-electron chi connectivity index (χ1n) is 6.63. The molecule has 17 heavy (non-hydrogen) atoms. The Labute approximate surface area is 102 Å². The Hall–Kier alpha value is -1.12. The van der Waals surface area contributed by atoms with E-state index in [1.807, 2.05) is 4.90 Å². The Morgan fingerprint density at radius 3 is 2.65 bits per heavy atom. The first-order chi connectivity index (χ1) is 8.09. The summed E-state index contributed by atoms with van der Waals surface area (Å²) in [6.45, 7) is 3.60. The molecular weight excluding hydrogens is 214 g/mol. The number of Topliss-reactive ketones (excluding diaryl/α,β-unsaturated/α-hetero) is 1. The van der Waals surface area contributed by atoms with E-state index in [0.29, 0.717) is 29.5 Å². The molecule has 0 aromatic rings. The summed E-state index contributed by atoms with van der Waals surface area (Å²) in [6.07, 6.45) is 5.19. The Bertz CT molecular complexity index is 424. The number of allylic oxidation sites excluding steroid dienone is 1. The average molecular weight is 233 g/mol. The summed E-state index contributed by atoms with van der Waals surface area (Å²) in [5, 5.41) is 0. The fourth-order valence-corrected chi connectivity index (χ4v) is 3.82. The predicted molar refractivity (Wildman–Crippen MR) is 64.4 cm³/mol. The maximum Gasteiger partial charge on any atom is 0.250 e. The Morgan fingerprint density at radius 2 is 1.88 bits per heavy atom. The van der Waals surface area contributed by atoms with Gasteiger partial charge in [-0.25, -0.2) is 0 Å². The monoisotopic (exact) mass is 233 g/mol. The normalized spacial score (nSPS) is 37.3. The standard InChI is InChI=1S/C14H19NO2/c1-8-9(2)14(17)15-11(7-13(8)16)6-10-4-3-5-12(10)15/h10-12H,3-7H2,1-2H3/t10-,11+,12-/m1/s1. The largest absolute Gasteiger partial charge is 0.332 e. The van der Waals surface area contributed by atoms with Gasteiger partial charge in [0.15, 0.2) is 5.78 Å². The van der Waals surface area contributed by atoms with Crippen LogP contribution in [0.25, 0.3) is 0 Å². The predicted octanol–water partition coefficient (Wildman–Crippen LogP) is 2.07. The molecule has 3 rings (SSSR count). The molecule has 3 heteroatoms. The van der Waals surface area contributed by atoms with Crippen LogP contribution >= 0.6 is 0 Å². The first-order valence-corrected chi connectivity index (χ1v) is 6.63. The first kappa shape index (κ1) is 11.0. The average Bonchev–Trinajstić information content (AvgIpc) is 2.83. The summed E-state index contributed by atoms with van der Waals surface area (Å²) in [7, 11) is 0. The zero-order valence-corrected chi connectivity index (χ0v) is 10.5. The van der Waals surface area contributed by atoms with Crippen molar-refractivity contribution in [3.63, 3.8) is 0 Å². The summed E-state index contributed by atoms with van der Waals surface area (Å²) in [5.74, 6) is 0.944. The third-order valence-corrected chi connectivity index (χ3v) is 4.90. The molecule has 1 amide bonds. The fraction of sp³-hybridized carbons (Fsp3) is 0.714. The van der Waals surface area contributed by atoms with Crippen molar-refractivity contribution in [2.75, 3.05) is 0 Å². The molecule has 0 spiro atoms. The summed E-state index contributed by atoms with van der Waals surface area (Å²) in [5.41, 5.74) is 1.35. The molecule has 0 unspecified atom stereocenters. The van der Waals surface area contributed by atoms with Crippen LogP contribution in [0.2, 0.25) is 0 Å². The summed E-state index contributed by atoms with van der Waals surface area (Å²) in [6, 6.07) is 0.596. The molecule has 1 saturated carbocycles. The number of hydrogen-bond donors (Lipinski definition) is 0. The summed E-state index contributed by atoms with van der Waals surface area (Å²) < 4.78 is 0. The minimum atomic E-state index is 0.118. The van der Waals surface area contributed by atoms with Crippen LogP contribution in [-0.4, -0.2) is 28.7 Å². The zero-order valence-electron chi connectivity index (χ0n) is 10.5. The summed E-state index contributed by atoms with van der Waals surface area (Å²) >= 11 is 0. The quantitative estimate of drug-likeness (QED) is 0.642. The number of nitrogens with zero attached hydrogens (tertiary/aromatic N) is 1. The molecule has 92 valence electrons. The lowest BCUT2D eigenvalue weighted by molar-refractivity contribution is -0.130. The molecular formula is C14H19NO2. The van der Waals surface area contributed by atoms with Crippen LogP contribution in [0, 0.1) is 5.92 Å². The molecule has 2 aliphatic heterocycles. The number of carbonyl (C=O) groups is 2. The van der Waals surface area contributed by atoms with E-state index in [4.69, 9.17) is 0 Å². The molecule has 0 radical (unpaired) electrons. The molecule has 1 saturated heterocycles. The van der Waals surface area contributed by atoms with Gasteiger partial charge in [-0.1, -0.05) is 6.42 Å². The van der Waals surface area contributed by atoms with Crippen LogP contribution < -0.4 is 0 Å². The molecule has 1 aliphatic carbocycles. The van der Waals surface area contributed by atoms with E-state index >= 15 is 0 Å². The van der Waals surface area contributed by atoms with Gasteiger partial charge in [-0.15, -0.1) is 0 Å². The van der Waals surface area contributed by atoms with Crippen LogP contribution in [0.4, 0.5) is 0 Å². The number of hydrogen-bond acceptors (Lipinski definition) is 2. The Kier molecular flexibility index (Phi) is 2.39. The van der Waals surface area contributed by atoms with Crippen LogP contribution in [0.3, 0.4) is 0 Å². The Balaban J connectivity index is 1.99. The second-order valence-electron chi connectivity index (χ2n) is 5.74. The number of carbonyl (C=O) groups excluding carboxylic acids is 2. The van der Waals surface area contributed by atoms with Crippen molar-refractivity contribution in [2.24, 2.45) is 5.92 Å². The van der Waals surface area contributed by atoms with Crippen molar-refractivity contribution in [3.8, 4) is 0 Å². The van der Waals surface area contributed by atoms with Crippen LogP contribution in [-0.2, 0) is 9.59 Å². The van der Waals surface area contributed by atoms with Gasteiger partial charge in [0.05, 0.1) is 0 Å². The molecule has 0 aromatic heterocycles. The van der Waals surface area contributed by atoms with Gasteiger partial charge in [-0.2, -0.15) is 0 Å². The van der Waals surface area contributed by atoms with E-state index in [0.717, 1.165) is 12.8 Å². The maximum atomic E-state index is 12.4. The number of fused-ring (bicyclic) bond motifs is 3. The molecule has 0 N–H and O–H groups in total. The molecule has 3 atom stereocenters. The fourth-order valence-electron chi connectivity index (χ4n) is 3.82. The maximum absolute atomic E-state index is 12.4. The highest BCUT2D eigenvalue weighted by Crippen LogP contribution is 2.44. The molecule has 0 bridgehead atoms. The zero-order chi connectivity index (χ0) is 12.2. The third-order valence-electron chi connectivity index (χ3n) is 4.90. The van der Waals surface area contributed by atoms with Crippen molar-refractivity contribution in [2.45, 2.75) is 58.0 Å². The Morgan fingerprint density at radius 1 is 1.12 bits per heavy atom. The lowest BCUT2D eigenvalue weighted by Crippen LogP contribution is -2.41. The van der Waals surface area contributed by atoms with E-state index in [2.05, 4.69) is 0 Å². The van der Waals surface area contributed by atoms with Gasteiger partial charge < -0.3 is 4.90 Å². The third kappa shape index (κ3) is 1.48. The van der Waals surface area contributed by atoms with E-state index in [1.54, 1.807) is 13.8 Å². The van der Waals surface area contributed by atoms with E-state index in [9.17, 15) is 9.59 Å². The van der Waals surface area contributed by atoms with Gasteiger partial charge in [-0.3, -0.25) is 9.59 Å². The van der Waals surface area contributed by atoms with Gasteiger partial charge in [0.1, 0.15) is 0 Å². The van der Waals surface area contributed by atoms with Gasteiger partial charge >= 0.3 is 0 Å². The highest BCUT2D eigenvalue weighted by Gasteiger charge is 2.47. The van der Waals surface area contributed by atoms with Crippen molar-refractivity contribution in [3.05, 3.63) is 11.1 Å². The van der Waals surface area contributed by atoms with E-state index in [1.165, 1.54) is 12.8 Å². The van der Waals surface area contributed by atoms with Crippen molar-refractivity contribution in [1.82, 2.24) is 4.90 Å². The highest BCUT2D eigenvalue weighted by molar-refractivity contribution is 6.07. The van der Waals surface area contributed by atoms with Crippen LogP contribution in [0.1, 0.15) is 46.0 Å². The molecule has 0 aromatic carbocycles. The highest BCUT2D eigenvalue weighted by atomic mass is 16.2. The summed E-state index contributed by atoms with van der Waals surface area (Å²) in [4.78, 5) is 26.5. The smallest absolute Gasteiger partial charge is 0.250 e. The second-order valence-corrected chi connectivity index (χ2v) is 5.74. The SMILES string of the molecule is CC1=C(C)C(=O)N2[C@H](CC1=O)C[C@H]1CCC[C@H]12. The van der Waals surface area contributed by atoms with Gasteiger partial charge in [-0.05, 0) is 39.0 Å². The van der Waals surface area contributed by atoms with Crippen LogP contribution in [0.15, 0.2) is 11.1 Å². The minimum Gasteiger partial charge on any atom is -0.332 e. The van der Waals surface area contributed by atoms with Crippen molar-refractivity contribution < 1.29 is 9.59 Å². The van der Waals surface area contributed by atoms with E-state index in [-0.39, 0.29) is 17.7 Å². The lowest BCUT2D eigenvalue weighted by atomic mass is 9.97. The molecule has 3 aliphatic rings. The lowest BCUT2D eigenvalue weighted by Gasteiger charge is -2.28. The van der Waals surface area contributed by atoms with Crippen LogP contribution in [0.5, 0.6) is 0 Å². The van der Waals surface area contributed by atoms with Gasteiger partial charge in [0.25, 0.3) is 0 Å². The molecule has 3 nitrogen and oxygen atoms in total. The van der Waals surface area contributed by atoms with E-state index < -0.39 is 0 Å². The number of ketones is 1. The van der Waals surface area contributed by atoms with Gasteiger partial charge in [0.2, 0.25) is 5.91 Å². The minimum absolute atomic E-state index is 0.118. The molecule has 2 heterocycles. The molecule has 2 fully saturated rings. The topological polar surface area (TPSA) is 37.4 Å². The number of rotatable bonds is 0. The van der Waals surface area contributed by atoms with Crippen molar-refractivity contribution in [1.29, 1.82) is 0 Å².